The number of aromatic nitrogens is 2. The first kappa shape index (κ1) is 14.9. The number of benzene rings is 8. The van der Waals surface area contributed by atoms with Crippen LogP contribution in [0.3, 0.4) is 0 Å². The van der Waals surface area contributed by atoms with Crippen LogP contribution < -0.4 is 0 Å². The second kappa shape index (κ2) is 11.3. The molecular weight excluding hydrogens is 569 g/mol. The zero-order valence-corrected chi connectivity index (χ0v) is 24.4. The van der Waals surface area contributed by atoms with Gasteiger partial charge in [0.15, 0.2) is 0 Å². The van der Waals surface area contributed by atoms with Crippen molar-refractivity contribution in [3.05, 3.63) is 182 Å². The van der Waals surface area contributed by atoms with Crippen molar-refractivity contribution in [3.63, 3.8) is 0 Å². The second-order valence-electron chi connectivity index (χ2n) is 10.7. The molecule has 0 amide bonds. The summed E-state index contributed by atoms with van der Waals surface area (Å²) in [6.07, 6.45) is 0. The van der Waals surface area contributed by atoms with Gasteiger partial charge in [0.05, 0.1) is 34.3 Å². The Balaban J connectivity index is 1.47. The molecule has 0 aliphatic carbocycles. The Bertz CT molecular complexity index is 3450. The summed E-state index contributed by atoms with van der Waals surface area (Å²) in [7, 11) is 0. The van der Waals surface area contributed by atoms with E-state index in [0.717, 1.165) is 16.7 Å². The van der Waals surface area contributed by atoms with Crippen LogP contribution in [0.15, 0.2) is 182 Å². The highest BCUT2D eigenvalue weighted by molar-refractivity contribution is 6.21. The minimum Gasteiger partial charge on any atom is -0.292 e. The first-order valence-electron chi connectivity index (χ1n) is 23.2. The molecule has 0 fully saturated rings. The van der Waals surface area contributed by atoms with Crippen molar-refractivity contribution in [2.45, 2.75) is 0 Å². The van der Waals surface area contributed by atoms with E-state index >= 15 is 0 Å². The number of para-hydroxylation sites is 3. The average Bonchev–Trinajstić information content (AvgIpc) is 3.69. The molecule has 0 aliphatic rings. The molecule has 0 radical (unpaired) electrons. The summed E-state index contributed by atoms with van der Waals surface area (Å²) < 4.78 is 154. The van der Waals surface area contributed by atoms with Crippen LogP contribution in [0.5, 0.6) is 0 Å². The lowest BCUT2D eigenvalue weighted by Gasteiger charge is -2.18. The molecule has 1 heterocycles. The molecule has 1 aromatic heterocycles. The molecule has 0 atom stereocenters. The molecule has 0 aliphatic heterocycles. The number of nitrogens with zero attached hydrogens (tertiary/aromatic N) is 2. The molecule has 8 aromatic carbocycles. The molecule has 0 spiro atoms. The summed E-state index contributed by atoms with van der Waals surface area (Å²) in [5.74, 6) is 0.572. The Morgan fingerprint density at radius 3 is 1.66 bits per heavy atom. The van der Waals surface area contributed by atoms with E-state index in [9.17, 15) is 6.85 Å². The van der Waals surface area contributed by atoms with Crippen LogP contribution in [0.1, 0.15) is 23.3 Å². The minimum absolute atomic E-state index is 0.179. The van der Waals surface area contributed by atoms with Gasteiger partial charge in [-0.05, 0) is 85.2 Å². The van der Waals surface area contributed by atoms with E-state index in [2.05, 4.69) is 0 Å². The maximum Gasteiger partial charge on any atom is 0.145 e. The fourth-order valence-corrected chi connectivity index (χ4v) is 5.96. The molecular formula is C45H30N2. The van der Waals surface area contributed by atoms with Gasteiger partial charge in [-0.3, -0.25) is 4.57 Å². The predicted octanol–water partition coefficient (Wildman–Crippen LogP) is 12.0. The zero-order chi connectivity index (χ0) is 46.0. The normalized spacial score (nSPS) is 16.5. The van der Waals surface area contributed by atoms with Gasteiger partial charge in [0, 0.05) is 11.3 Å². The van der Waals surface area contributed by atoms with E-state index in [1.807, 2.05) is 59.2 Å². The largest absolute Gasteiger partial charge is 0.292 e. The summed E-state index contributed by atoms with van der Waals surface area (Å²) >= 11 is 0. The van der Waals surface area contributed by atoms with Gasteiger partial charge in [-0.25, -0.2) is 4.98 Å². The Kier molecular flexibility index (Phi) is 3.57. The van der Waals surface area contributed by atoms with Gasteiger partial charge in [0.1, 0.15) is 5.82 Å². The van der Waals surface area contributed by atoms with Gasteiger partial charge in [0.2, 0.25) is 0 Å². The van der Waals surface area contributed by atoms with Crippen LogP contribution >= 0.6 is 0 Å². The molecule has 2 nitrogen and oxygen atoms in total. The van der Waals surface area contributed by atoms with Gasteiger partial charge in [-0.15, -0.1) is 0 Å². The standard InChI is InChI=1S/C45H30N2/c1-4-14-32(15-5-1)43-37-20-10-11-21-38(37)44(33-16-6-2-7-17-33)40-30-35(28-29-39(40)43)31-24-26-34(27-25-31)45-46-41-22-12-13-23-42(41)47(45)36-18-8-3-9-19-36/h1-30H/i1D,2D,4D,5D,6D,7D,10D,11D,14D,15D,16D,17D,20D,21D,28D,29D,30D. The summed E-state index contributed by atoms with van der Waals surface area (Å²) in [5, 5.41) is -1.89. The van der Waals surface area contributed by atoms with Crippen molar-refractivity contribution < 1.29 is 23.3 Å². The van der Waals surface area contributed by atoms with Crippen LogP contribution in [-0.2, 0) is 0 Å². The average molecular weight is 616 g/mol. The van der Waals surface area contributed by atoms with Gasteiger partial charge in [-0.2, -0.15) is 0 Å². The SMILES string of the molecule is [2H]c1c([2H])c([2H])c(-c2c3c([2H])c([2H])c([2H])c([2H])c3c(-c3c([2H])c([2H])c([2H])c([2H])c3[2H])c3c([2H])c(-c4ccc(-c5nc6ccccc6n5-c5ccccc5)cc4)c([2H])c([2H])c23)c([2H])c1[2H]. The Labute approximate surface area is 297 Å². The maximum atomic E-state index is 9.95. The minimum atomic E-state index is -0.821. The smallest absolute Gasteiger partial charge is 0.145 e. The lowest BCUT2D eigenvalue weighted by molar-refractivity contribution is 1.10. The summed E-state index contributed by atoms with van der Waals surface area (Å²) in [6, 6.07) is 10.7. The third-order valence-corrected chi connectivity index (χ3v) is 8.01. The molecule has 9 rings (SSSR count). The Morgan fingerprint density at radius 1 is 0.426 bits per heavy atom. The van der Waals surface area contributed by atoms with Crippen molar-refractivity contribution >= 4 is 32.6 Å². The highest BCUT2D eigenvalue weighted by Gasteiger charge is 2.18. The fourth-order valence-electron chi connectivity index (χ4n) is 5.96. The molecule has 220 valence electrons. The van der Waals surface area contributed by atoms with E-state index in [1.165, 1.54) is 0 Å². The van der Waals surface area contributed by atoms with Crippen LogP contribution in [0.25, 0.3) is 83.0 Å². The van der Waals surface area contributed by atoms with Crippen molar-refractivity contribution in [3.8, 4) is 50.5 Å². The van der Waals surface area contributed by atoms with Gasteiger partial charge >= 0.3 is 0 Å². The summed E-state index contributed by atoms with van der Waals surface area (Å²) in [5.41, 5.74) is 0.963. The van der Waals surface area contributed by atoms with Gasteiger partial charge in [0.25, 0.3) is 0 Å². The van der Waals surface area contributed by atoms with Crippen molar-refractivity contribution in [1.82, 2.24) is 9.55 Å². The first-order chi connectivity index (χ1) is 30.4. The number of imidazole rings is 1. The predicted molar refractivity (Wildman–Crippen MR) is 198 cm³/mol. The van der Waals surface area contributed by atoms with Crippen LogP contribution in [0.2, 0.25) is 0 Å². The molecule has 9 aromatic rings. The number of rotatable bonds is 5. The van der Waals surface area contributed by atoms with Crippen LogP contribution in [0, 0.1) is 0 Å². The lowest BCUT2D eigenvalue weighted by Crippen LogP contribution is -1.97. The number of hydrogen-bond donors (Lipinski definition) is 0. The molecule has 0 saturated carbocycles. The molecule has 0 saturated heterocycles. The number of hydrogen-bond acceptors (Lipinski definition) is 1. The Morgan fingerprint density at radius 2 is 0.979 bits per heavy atom. The topological polar surface area (TPSA) is 17.8 Å². The van der Waals surface area contributed by atoms with Gasteiger partial charge < -0.3 is 0 Å². The van der Waals surface area contributed by atoms with E-state index in [-0.39, 0.29) is 11.1 Å². The second-order valence-corrected chi connectivity index (χ2v) is 10.7. The summed E-state index contributed by atoms with van der Waals surface area (Å²) in [6.45, 7) is 0. The summed E-state index contributed by atoms with van der Waals surface area (Å²) in [4.78, 5) is 4.91. The third kappa shape index (κ3) is 4.62. The van der Waals surface area contributed by atoms with Crippen LogP contribution in [0.4, 0.5) is 0 Å². The van der Waals surface area contributed by atoms with Crippen molar-refractivity contribution in [2.75, 3.05) is 0 Å². The quantitative estimate of drug-likeness (QED) is 0.176. The Hall–Kier alpha value is -6.25. The third-order valence-electron chi connectivity index (χ3n) is 8.01. The first-order valence-corrected chi connectivity index (χ1v) is 14.7. The molecule has 47 heavy (non-hydrogen) atoms. The maximum absolute atomic E-state index is 9.95. The van der Waals surface area contributed by atoms with E-state index < -0.39 is 147 Å². The molecule has 0 N–H and O–H groups in total. The lowest BCUT2D eigenvalue weighted by atomic mass is 9.85. The van der Waals surface area contributed by atoms with E-state index in [1.54, 1.807) is 24.3 Å². The molecule has 2 heteroatoms. The fraction of sp³-hybridized carbons (Fsp3) is 0. The molecule has 0 bridgehead atoms. The van der Waals surface area contributed by atoms with E-state index in [4.69, 9.17) is 21.4 Å². The zero-order valence-electron chi connectivity index (χ0n) is 41.4. The van der Waals surface area contributed by atoms with Crippen LogP contribution in [-0.4, -0.2) is 9.55 Å². The highest BCUT2D eigenvalue weighted by Crippen LogP contribution is 2.44. The van der Waals surface area contributed by atoms with Crippen molar-refractivity contribution in [2.24, 2.45) is 0 Å². The monoisotopic (exact) mass is 615 g/mol. The van der Waals surface area contributed by atoms with Gasteiger partial charge in [-0.1, -0.05) is 151 Å². The van der Waals surface area contributed by atoms with Crippen molar-refractivity contribution in [1.29, 1.82) is 0 Å². The molecule has 0 unspecified atom stereocenters. The van der Waals surface area contributed by atoms with E-state index in [0.29, 0.717) is 11.4 Å². The number of fused-ring (bicyclic) bond motifs is 3. The highest BCUT2D eigenvalue weighted by atomic mass is 15.1.